The molecule has 1 fully saturated rings. The summed E-state index contributed by atoms with van der Waals surface area (Å²) in [6.07, 6.45) is -4.06. The highest BCUT2D eigenvalue weighted by Gasteiger charge is 2.38. The number of carbonyl (C=O) groups excluding carboxylic acids is 1. The van der Waals surface area contributed by atoms with Gasteiger partial charge in [0.2, 0.25) is 0 Å². The highest BCUT2D eigenvalue weighted by Crippen LogP contribution is 2.23. The maximum absolute atomic E-state index is 13.0. The zero-order chi connectivity index (χ0) is 23.6. The summed E-state index contributed by atoms with van der Waals surface area (Å²) in [5, 5.41) is 7.12. The molecule has 0 unspecified atom stereocenters. The first-order chi connectivity index (χ1) is 14.5. The van der Waals surface area contributed by atoms with E-state index in [2.05, 4.69) is 25.9 Å². The number of benzene rings is 1. The van der Waals surface area contributed by atoms with Crippen LogP contribution in [0.5, 0.6) is 5.75 Å². The quantitative estimate of drug-likeness (QED) is 0.720. The summed E-state index contributed by atoms with van der Waals surface area (Å²) >= 11 is 0. The predicted molar refractivity (Wildman–Crippen MR) is 109 cm³/mol. The van der Waals surface area contributed by atoms with Crippen LogP contribution in [0.2, 0.25) is 0 Å². The summed E-state index contributed by atoms with van der Waals surface area (Å²) in [7, 11) is 4.15. The molecule has 0 spiro atoms. The molecule has 10 heteroatoms. The van der Waals surface area contributed by atoms with Crippen molar-refractivity contribution >= 4 is 11.9 Å². The van der Waals surface area contributed by atoms with Crippen LogP contribution in [0.15, 0.2) is 24.3 Å². The largest absolute Gasteiger partial charge is 0.494 e. The first kappa shape index (κ1) is 26.7. The van der Waals surface area contributed by atoms with Crippen molar-refractivity contribution in [1.82, 2.24) is 9.80 Å². The molecule has 1 aliphatic heterocycles. The number of ether oxygens (including phenoxy) is 2. The summed E-state index contributed by atoms with van der Waals surface area (Å²) < 4.78 is 43.0. The predicted octanol–water partition coefficient (Wildman–Crippen LogP) is 3.15. The number of hydrogen-bond acceptors (Lipinski definition) is 5. The van der Waals surface area contributed by atoms with Crippen LogP contribution in [0.4, 0.5) is 13.2 Å². The van der Waals surface area contributed by atoms with Gasteiger partial charge in [-0.2, -0.15) is 13.2 Å². The summed E-state index contributed by atoms with van der Waals surface area (Å²) in [6, 6.07) is 7.61. The molecule has 0 radical (unpaired) electrons. The lowest BCUT2D eigenvalue weighted by atomic mass is 9.96. The van der Waals surface area contributed by atoms with Crippen LogP contribution in [0, 0.1) is 5.92 Å². The van der Waals surface area contributed by atoms with Gasteiger partial charge in [-0.25, -0.2) is 4.79 Å². The van der Waals surface area contributed by atoms with Gasteiger partial charge in [0.05, 0.1) is 19.8 Å². The van der Waals surface area contributed by atoms with Gasteiger partial charge < -0.3 is 24.4 Å². The van der Waals surface area contributed by atoms with E-state index in [-0.39, 0.29) is 11.9 Å². The monoisotopic (exact) mass is 448 g/mol. The molecule has 1 saturated heterocycles. The second-order valence-electron chi connectivity index (χ2n) is 7.43. The number of rotatable bonds is 6. The SMILES string of the molecule is CCOc1cccc(C(=O)N2CCOC[C@@H](CCN(C)C)[C@@H]2C)c1.O=C(O)C(F)(F)F. The Morgan fingerprint density at radius 2 is 1.97 bits per heavy atom. The zero-order valence-corrected chi connectivity index (χ0v) is 18.3. The Bertz CT molecular complexity index is 713. The van der Waals surface area contributed by atoms with Crippen molar-refractivity contribution in [2.75, 3.05) is 47.0 Å². The van der Waals surface area contributed by atoms with Crippen LogP contribution < -0.4 is 4.74 Å². The lowest BCUT2D eigenvalue weighted by Gasteiger charge is -2.32. The van der Waals surface area contributed by atoms with E-state index in [9.17, 15) is 18.0 Å². The molecule has 2 rings (SSSR count). The van der Waals surface area contributed by atoms with E-state index >= 15 is 0 Å². The molecule has 1 amide bonds. The molecule has 0 aromatic heterocycles. The number of amides is 1. The molecule has 1 heterocycles. The number of aliphatic carboxylic acids is 1. The van der Waals surface area contributed by atoms with E-state index in [0.29, 0.717) is 31.2 Å². The Kier molecular flexibility index (Phi) is 10.8. The number of halogens is 3. The lowest BCUT2D eigenvalue weighted by Crippen LogP contribution is -2.43. The molecule has 1 aliphatic rings. The molecule has 176 valence electrons. The normalized spacial score (nSPS) is 19.3. The molecular weight excluding hydrogens is 417 g/mol. The lowest BCUT2D eigenvalue weighted by molar-refractivity contribution is -0.192. The third kappa shape index (κ3) is 9.14. The molecule has 0 aliphatic carbocycles. The van der Waals surface area contributed by atoms with Crippen molar-refractivity contribution < 1.29 is 37.3 Å². The van der Waals surface area contributed by atoms with Crippen LogP contribution >= 0.6 is 0 Å². The minimum atomic E-state index is -5.08. The van der Waals surface area contributed by atoms with Crippen molar-refractivity contribution in [3.8, 4) is 5.75 Å². The van der Waals surface area contributed by atoms with Gasteiger partial charge in [-0.15, -0.1) is 0 Å². The number of carboxylic acid groups (broad SMARTS) is 1. The van der Waals surface area contributed by atoms with Gasteiger partial charge in [-0.1, -0.05) is 6.07 Å². The van der Waals surface area contributed by atoms with E-state index in [4.69, 9.17) is 19.4 Å². The summed E-state index contributed by atoms with van der Waals surface area (Å²) in [5.74, 6) is -1.60. The van der Waals surface area contributed by atoms with Crippen LogP contribution in [0.3, 0.4) is 0 Å². The number of carboxylic acids is 1. The maximum atomic E-state index is 13.0. The summed E-state index contributed by atoms with van der Waals surface area (Å²) in [4.78, 5) is 26.0. The Balaban J connectivity index is 0.000000592. The van der Waals surface area contributed by atoms with Crippen LogP contribution in [-0.2, 0) is 9.53 Å². The molecule has 0 bridgehead atoms. The Hall–Kier alpha value is -2.33. The van der Waals surface area contributed by atoms with Gasteiger partial charge in [0.25, 0.3) is 5.91 Å². The van der Waals surface area contributed by atoms with E-state index in [1.807, 2.05) is 36.1 Å². The average molecular weight is 448 g/mol. The van der Waals surface area contributed by atoms with E-state index < -0.39 is 12.1 Å². The van der Waals surface area contributed by atoms with Crippen molar-refractivity contribution in [2.45, 2.75) is 32.5 Å². The fraction of sp³-hybridized carbons (Fsp3) is 0.619. The summed E-state index contributed by atoms with van der Waals surface area (Å²) in [5.41, 5.74) is 0.682. The van der Waals surface area contributed by atoms with Gasteiger partial charge in [0.1, 0.15) is 5.75 Å². The second-order valence-corrected chi connectivity index (χ2v) is 7.43. The number of carbonyl (C=O) groups is 2. The zero-order valence-electron chi connectivity index (χ0n) is 18.3. The van der Waals surface area contributed by atoms with Crippen molar-refractivity contribution in [3.05, 3.63) is 29.8 Å². The Labute approximate surface area is 180 Å². The van der Waals surface area contributed by atoms with Crippen molar-refractivity contribution in [2.24, 2.45) is 5.92 Å². The maximum Gasteiger partial charge on any atom is 0.490 e. The van der Waals surface area contributed by atoms with Gasteiger partial charge in [-0.3, -0.25) is 4.79 Å². The minimum absolute atomic E-state index is 0.0596. The number of alkyl halides is 3. The van der Waals surface area contributed by atoms with Crippen molar-refractivity contribution in [1.29, 1.82) is 0 Å². The second kappa shape index (κ2) is 12.5. The van der Waals surface area contributed by atoms with Gasteiger partial charge in [0, 0.05) is 24.1 Å². The highest BCUT2D eigenvalue weighted by atomic mass is 19.4. The standard InChI is InChI=1S/C19H30N2O3.C2HF3O2/c1-5-24-18-8-6-7-16(13-18)19(22)21-11-12-23-14-17(15(21)2)9-10-20(3)4;3-2(4,5)1(6)7/h6-8,13,15,17H,5,9-12,14H2,1-4H3;(H,6,7)/t15-,17+;/m0./s1. The third-order valence-corrected chi connectivity index (χ3v) is 4.82. The molecule has 7 nitrogen and oxygen atoms in total. The topological polar surface area (TPSA) is 79.3 Å². The van der Waals surface area contributed by atoms with Crippen LogP contribution in [-0.4, -0.2) is 86.0 Å². The van der Waals surface area contributed by atoms with Crippen LogP contribution in [0.1, 0.15) is 30.6 Å². The molecule has 1 aromatic rings. The smallest absolute Gasteiger partial charge is 0.490 e. The van der Waals surface area contributed by atoms with Gasteiger partial charge >= 0.3 is 12.1 Å². The summed E-state index contributed by atoms with van der Waals surface area (Å²) in [6.45, 7) is 7.63. The first-order valence-corrected chi connectivity index (χ1v) is 10.0. The van der Waals surface area contributed by atoms with E-state index in [1.165, 1.54) is 0 Å². The number of nitrogens with zero attached hydrogens (tertiary/aromatic N) is 2. The molecule has 31 heavy (non-hydrogen) atoms. The van der Waals surface area contributed by atoms with Crippen molar-refractivity contribution in [3.63, 3.8) is 0 Å². The van der Waals surface area contributed by atoms with Gasteiger partial charge in [-0.05, 0) is 59.1 Å². The number of hydrogen-bond donors (Lipinski definition) is 1. The first-order valence-electron chi connectivity index (χ1n) is 10.0. The molecular formula is C21H31F3N2O5. The Morgan fingerprint density at radius 1 is 1.32 bits per heavy atom. The molecule has 1 aromatic carbocycles. The molecule has 2 atom stereocenters. The minimum Gasteiger partial charge on any atom is -0.494 e. The highest BCUT2D eigenvalue weighted by molar-refractivity contribution is 5.94. The van der Waals surface area contributed by atoms with E-state index in [0.717, 1.165) is 25.3 Å². The fourth-order valence-corrected chi connectivity index (χ4v) is 3.08. The fourth-order valence-electron chi connectivity index (χ4n) is 3.08. The van der Waals surface area contributed by atoms with Gasteiger partial charge in [0.15, 0.2) is 0 Å². The average Bonchev–Trinajstić information content (AvgIpc) is 2.87. The molecule has 0 saturated carbocycles. The third-order valence-electron chi connectivity index (χ3n) is 4.82. The Morgan fingerprint density at radius 3 is 2.52 bits per heavy atom. The van der Waals surface area contributed by atoms with Crippen LogP contribution in [0.25, 0.3) is 0 Å². The molecule has 1 N–H and O–H groups in total. The van der Waals surface area contributed by atoms with E-state index in [1.54, 1.807) is 0 Å².